The highest BCUT2D eigenvalue weighted by atomic mass is 28.4. The van der Waals surface area contributed by atoms with Crippen LogP contribution in [0.25, 0.3) is 0 Å². The van der Waals surface area contributed by atoms with Gasteiger partial charge in [-0.2, -0.15) is 0 Å². The van der Waals surface area contributed by atoms with Crippen molar-refractivity contribution >= 4 is 27.4 Å². The first-order valence-corrected chi connectivity index (χ1v) is 10.2. The third-order valence-corrected chi connectivity index (χ3v) is 7.34. The maximum absolute atomic E-state index is 5.77. The molecular weight excluding hydrogens is 188 g/mol. The Morgan fingerprint density at radius 3 is 2.27 bits per heavy atom. The van der Waals surface area contributed by atoms with Crippen LogP contribution in [0.5, 0.6) is 0 Å². The van der Waals surface area contributed by atoms with Crippen LogP contribution >= 0.6 is 0 Å². The predicted molar refractivity (Wildman–Crippen MR) is 53.4 cm³/mol. The molecule has 0 aromatic heterocycles. The predicted octanol–water partition coefficient (Wildman–Crippen LogP) is 2.03. The normalized spacial score (nSPS) is 12.5. The Bertz CT molecular complexity index is 106. The first-order valence-electron chi connectivity index (χ1n) is 3.88. The van der Waals surface area contributed by atoms with Crippen molar-refractivity contribution in [1.82, 2.24) is 0 Å². The molecule has 0 aliphatic heterocycles. The van der Waals surface area contributed by atoms with Crippen LogP contribution in [0, 0.1) is 0 Å². The van der Waals surface area contributed by atoms with Crippen molar-refractivity contribution in [3.63, 3.8) is 0 Å². The molecule has 5 heteroatoms. The standard InChI is InChI=1S/C6H17O2Si3/c1-6-9-7-11(4,5)8-10(2)3/h6H2,1-5H3. The second kappa shape index (κ2) is 5.26. The lowest BCUT2D eigenvalue weighted by atomic mass is 11.0. The fraction of sp³-hybridized carbons (Fsp3) is 1.00. The lowest BCUT2D eigenvalue weighted by molar-refractivity contribution is 0.421. The maximum Gasteiger partial charge on any atom is 0.310 e. The lowest BCUT2D eigenvalue weighted by Crippen LogP contribution is -2.39. The molecule has 0 aromatic carbocycles. The van der Waals surface area contributed by atoms with Gasteiger partial charge in [-0.3, -0.25) is 0 Å². The molecular formula is C6H17O2Si3. The number of rotatable bonds is 5. The highest BCUT2D eigenvalue weighted by Crippen LogP contribution is 2.07. The summed E-state index contributed by atoms with van der Waals surface area (Å²) in [6.45, 7) is 10.7. The first-order chi connectivity index (χ1) is 4.98. The van der Waals surface area contributed by atoms with Gasteiger partial charge >= 0.3 is 8.56 Å². The molecule has 0 saturated heterocycles. The molecule has 0 saturated carbocycles. The van der Waals surface area contributed by atoms with E-state index in [1.165, 1.54) is 0 Å². The summed E-state index contributed by atoms with van der Waals surface area (Å²) in [5.74, 6) is 0. The molecule has 0 atom stereocenters. The zero-order chi connectivity index (χ0) is 8.91. The van der Waals surface area contributed by atoms with Gasteiger partial charge in [-0.25, -0.2) is 0 Å². The molecule has 0 rings (SSSR count). The Morgan fingerprint density at radius 2 is 1.91 bits per heavy atom. The topological polar surface area (TPSA) is 18.5 Å². The van der Waals surface area contributed by atoms with Gasteiger partial charge in [0.2, 0.25) is 9.76 Å². The maximum atomic E-state index is 5.77. The van der Waals surface area contributed by atoms with Gasteiger partial charge < -0.3 is 8.23 Å². The fourth-order valence-corrected chi connectivity index (χ4v) is 7.20. The molecule has 0 aliphatic rings. The van der Waals surface area contributed by atoms with E-state index in [4.69, 9.17) is 8.23 Å². The van der Waals surface area contributed by atoms with E-state index < -0.39 is 17.6 Å². The Balaban J connectivity index is 3.61. The van der Waals surface area contributed by atoms with Crippen LogP contribution in [0.2, 0.25) is 32.2 Å². The van der Waals surface area contributed by atoms with E-state index in [1.807, 2.05) is 0 Å². The Morgan fingerprint density at radius 1 is 1.36 bits per heavy atom. The first kappa shape index (κ1) is 11.6. The molecule has 11 heavy (non-hydrogen) atoms. The van der Waals surface area contributed by atoms with E-state index in [1.54, 1.807) is 0 Å². The van der Waals surface area contributed by atoms with Gasteiger partial charge in [0.15, 0.2) is 9.04 Å². The number of hydrogen-bond donors (Lipinski definition) is 0. The van der Waals surface area contributed by atoms with Crippen molar-refractivity contribution in [2.75, 3.05) is 0 Å². The van der Waals surface area contributed by atoms with Crippen molar-refractivity contribution < 1.29 is 8.23 Å². The van der Waals surface area contributed by atoms with Crippen LogP contribution in [0.3, 0.4) is 0 Å². The highest BCUT2D eigenvalue weighted by Gasteiger charge is 2.25. The quantitative estimate of drug-likeness (QED) is 0.640. The highest BCUT2D eigenvalue weighted by molar-refractivity contribution is 6.75. The van der Waals surface area contributed by atoms with Crippen LogP contribution in [0.4, 0.5) is 0 Å². The monoisotopic (exact) mass is 205 g/mol. The fourth-order valence-electron chi connectivity index (χ4n) is 0.758. The smallest absolute Gasteiger partial charge is 0.310 e. The van der Waals surface area contributed by atoms with E-state index in [0.717, 1.165) is 6.04 Å². The molecule has 0 bridgehead atoms. The molecule has 0 heterocycles. The largest absolute Gasteiger partial charge is 0.437 e. The summed E-state index contributed by atoms with van der Waals surface area (Å²) in [5, 5.41) is 0. The molecule has 0 aliphatic carbocycles. The summed E-state index contributed by atoms with van der Waals surface area (Å²) in [4.78, 5) is 0. The molecule has 65 valence electrons. The minimum Gasteiger partial charge on any atom is -0.437 e. The molecule has 0 aromatic rings. The van der Waals surface area contributed by atoms with E-state index in [2.05, 4.69) is 33.1 Å². The third-order valence-electron chi connectivity index (χ3n) is 0.912. The molecule has 0 N–H and O–H groups in total. The van der Waals surface area contributed by atoms with Gasteiger partial charge in [0.05, 0.1) is 0 Å². The summed E-state index contributed by atoms with van der Waals surface area (Å²) in [6.07, 6.45) is 0. The molecule has 0 spiro atoms. The molecule has 0 unspecified atom stereocenters. The third kappa shape index (κ3) is 6.95. The number of hydrogen-bond acceptors (Lipinski definition) is 2. The van der Waals surface area contributed by atoms with Crippen LogP contribution in [0.1, 0.15) is 6.92 Å². The average Bonchev–Trinajstić information content (AvgIpc) is 1.81. The second-order valence-electron chi connectivity index (χ2n) is 3.01. The SMILES string of the molecule is CC[Si]O[Si](C)(C)O[Si](C)C. The summed E-state index contributed by atoms with van der Waals surface area (Å²) < 4.78 is 11.4. The van der Waals surface area contributed by atoms with Crippen LogP contribution in [-0.4, -0.2) is 27.4 Å². The van der Waals surface area contributed by atoms with Crippen LogP contribution in [-0.2, 0) is 8.23 Å². The zero-order valence-electron chi connectivity index (χ0n) is 8.02. The van der Waals surface area contributed by atoms with E-state index in [-0.39, 0.29) is 0 Å². The van der Waals surface area contributed by atoms with E-state index in [0.29, 0.717) is 9.76 Å². The van der Waals surface area contributed by atoms with Crippen molar-refractivity contribution in [3.8, 4) is 0 Å². The second-order valence-corrected chi connectivity index (χ2v) is 10.3. The molecule has 3 radical (unpaired) electrons. The minimum atomic E-state index is -1.73. The van der Waals surface area contributed by atoms with Crippen LogP contribution < -0.4 is 0 Å². The van der Waals surface area contributed by atoms with Crippen molar-refractivity contribution in [2.45, 2.75) is 39.2 Å². The Labute approximate surface area is 75.2 Å². The average molecular weight is 205 g/mol. The Kier molecular flexibility index (Phi) is 5.53. The van der Waals surface area contributed by atoms with Crippen molar-refractivity contribution in [3.05, 3.63) is 0 Å². The minimum absolute atomic E-state index is 0.580. The van der Waals surface area contributed by atoms with Gasteiger partial charge in [-0.05, 0) is 32.2 Å². The zero-order valence-corrected chi connectivity index (χ0v) is 11.0. The van der Waals surface area contributed by atoms with Crippen molar-refractivity contribution in [2.24, 2.45) is 0 Å². The van der Waals surface area contributed by atoms with Gasteiger partial charge in [-0.15, -0.1) is 0 Å². The van der Waals surface area contributed by atoms with Gasteiger partial charge in [0, 0.05) is 0 Å². The summed E-state index contributed by atoms with van der Waals surface area (Å²) >= 11 is 0. The van der Waals surface area contributed by atoms with E-state index >= 15 is 0 Å². The summed E-state index contributed by atoms with van der Waals surface area (Å²) in [5.41, 5.74) is 0. The summed E-state index contributed by atoms with van der Waals surface area (Å²) in [7, 11) is -1.69. The molecule has 0 fully saturated rings. The van der Waals surface area contributed by atoms with Crippen LogP contribution in [0.15, 0.2) is 0 Å². The van der Waals surface area contributed by atoms with Gasteiger partial charge in [0.1, 0.15) is 0 Å². The van der Waals surface area contributed by atoms with Gasteiger partial charge in [-0.1, -0.05) is 6.92 Å². The Hall–Kier alpha value is 0.571. The molecule has 2 nitrogen and oxygen atoms in total. The van der Waals surface area contributed by atoms with Gasteiger partial charge in [0.25, 0.3) is 0 Å². The van der Waals surface area contributed by atoms with Crippen molar-refractivity contribution in [1.29, 1.82) is 0 Å². The lowest BCUT2D eigenvalue weighted by Gasteiger charge is -2.24. The molecule has 0 amide bonds. The summed E-state index contributed by atoms with van der Waals surface area (Å²) in [6, 6.07) is 1.11. The van der Waals surface area contributed by atoms with E-state index in [9.17, 15) is 0 Å².